The van der Waals surface area contributed by atoms with E-state index in [-0.39, 0.29) is 22.7 Å². The highest BCUT2D eigenvalue weighted by molar-refractivity contribution is 5.86. The Kier molecular flexibility index (Phi) is 4.81. The Morgan fingerprint density at radius 3 is 2.55 bits per heavy atom. The number of fused-ring (bicyclic) bond motifs is 1. The quantitative estimate of drug-likeness (QED) is 0.483. The van der Waals surface area contributed by atoms with Gasteiger partial charge in [0.15, 0.2) is 0 Å². The molecule has 1 aliphatic rings. The van der Waals surface area contributed by atoms with E-state index in [9.17, 15) is 9.18 Å². The maximum absolute atomic E-state index is 15.0. The van der Waals surface area contributed by atoms with E-state index in [0.717, 1.165) is 37.1 Å². The number of pyridine rings is 1. The predicted molar refractivity (Wildman–Crippen MR) is 119 cm³/mol. The molecule has 0 saturated carbocycles. The molecule has 0 aliphatic carbocycles. The molecule has 1 fully saturated rings. The lowest BCUT2D eigenvalue weighted by Crippen LogP contribution is -2.30. The summed E-state index contributed by atoms with van der Waals surface area (Å²) in [6.45, 7) is 3.66. The minimum atomic E-state index is -0.380. The second kappa shape index (κ2) is 7.65. The zero-order chi connectivity index (χ0) is 21.5. The SMILES string of the molecule is Cc1ccc(-c2noc(-c3cn(C)c4cc(N5CCCCC5)c(F)cc4c3=O)n2)cc1. The summed E-state index contributed by atoms with van der Waals surface area (Å²) < 4.78 is 22.2. The van der Waals surface area contributed by atoms with Crippen LogP contribution in [0.1, 0.15) is 24.8 Å². The van der Waals surface area contributed by atoms with Crippen molar-refractivity contribution < 1.29 is 8.91 Å². The van der Waals surface area contributed by atoms with Crippen LogP contribution >= 0.6 is 0 Å². The fraction of sp³-hybridized carbons (Fsp3) is 0.292. The maximum atomic E-state index is 15.0. The lowest BCUT2D eigenvalue weighted by molar-refractivity contribution is 0.432. The van der Waals surface area contributed by atoms with Crippen molar-refractivity contribution in [1.82, 2.24) is 14.7 Å². The molecule has 0 amide bonds. The summed E-state index contributed by atoms with van der Waals surface area (Å²) in [7, 11) is 1.83. The fourth-order valence-corrected chi connectivity index (χ4v) is 4.17. The first-order chi connectivity index (χ1) is 15.0. The van der Waals surface area contributed by atoms with E-state index in [4.69, 9.17) is 4.52 Å². The van der Waals surface area contributed by atoms with Crippen molar-refractivity contribution >= 4 is 16.6 Å². The lowest BCUT2D eigenvalue weighted by Gasteiger charge is -2.29. The number of aryl methyl sites for hydroxylation is 2. The molecule has 158 valence electrons. The van der Waals surface area contributed by atoms with Crippen LogP contribution in [0, 0.1) is 12.7 Å². The van der Waals surface area contributed by atoms with Crippen molar-refractivity contribution in [2.75, 3.05) is 18.0 Å². The molecule has 0 spiro atoms. The molecule has 0 N–H and O–H groups in total. The number of rotatable bonds is 3. The highest BCUT2D eigenvalue weighted by Gasteiger charge is 2.20. The first kappa shape index (κ1) is 19.5. The summed E-state index contributed by atoms with van der Waals surface area (Å²) in [6.07, 6.45) is 4.95. The van der Waals surface area contributed by atoms with Crippen LogP contribution in [0.4, 0.5) is 10.1 Å². The van der Waals surface area contributed by atoms with Crippen molar-refractivity contribution in [3.8, 4) is 22.8 Å². The Hall–Kier alpha value is -3.48. The number of nitrogens with zero attached hydrogens (tertiary/aromatic N) is 4. The first-order valence-electron chi connectivity index (χ1n) is 10.5. The number of piperidine rings is 1. The van der Waals surface area contributed by atoms with Gasteiger partial charge in [-0.1, -0.05) is 35.0 Å². The third-order valence-corrected chi connectivity index (χ3v) is 5.92. The minimum absolute atomic E-state index is 0.124. The lowest BCUT2D eigenvalue weighted by atomic mass is 10.1. The molecule has 0 atom stereocenters. The van der Waals surface area contributed by atoms with Gasteiger partial charge in [-0.3, -0.25) is 4.79 Å². The van der Waals surface area contributed by atoms with Crippen LogP contribution in [-0.2, 0) is 7.05 Å². The molecule has 6 nitrogen and oxygen atoms in total. The highest BCUT2D eigenvalue weighted by atomic mass is 19.1. The van der Waals surface area contributed by atoms with Gasteiger partial charge in [-0.15, -0.1) is 0 Å². The summed E-state index contributed by atoms with van der Waals surface area (Å²) in [5.41, 5.74) is 3.09. The number of hydrogen-bond donors (Lipinski definition) is 0. The summed E-state index contributed by atoms with van der Waals surface area (Å²) >= 11 is 0. The van der Waals surface area contributed by atoms with E-state index in [2.05, 4.69) is 15.0 Å². The largest absolute Gasteiger partial charge is 0.369 e. The third kappa shape index (κ3) is 3.50. The van der Waals surface area contributed by atoms with Crippen LogP contribution in [-0.4, -0.2) is 27.8 Å². The van der Waals surface area contributed by atoms with Gasteiger partial charge >= 0.3 is 0 Å². The number of aromatic nitrogens is 3. The monoisotopic (exact) mass is 418 g/mol. The maximum Gasteiger partial charge on any atom is 0.263 e. The van der Waals surface area contributed by atoms with Crippen molar-refractivity contribution in [3.63, 3.8) is 0 Å². The zero-order valence-electron chi connectivity index (χ0n) is 17.6. The van der Waals surface area contributed by atoms with Crippen LogP contribution < -0.4 is 10.3 Å². The molecule has 2 aromatic carbocycles. The van der Waals surface area contributed by atoms with Gasteiger partial charge in [-0.05, 0) is 38.3 Å². The van der Waals surface area contributed by atoms with E-state index in [1.54, 1.807) is 12.3 Å². The summed E-state index contributed by atoms with van der Waals surface area (Å²) in [5, 5.41) is 4.32. The van der Waals surface area contributed by atoms with Gasteiger partial charge in [-0.25, -0.2) is 4.39 Å². The van der Waals surface area contributed by atoms with Gasteiger partial charge < -0.3 is 14.0 Å². The van der Waals surface area contributed by atoms with Crippen LogP contribution in [0.2, 0.25) is 0 Å². The molecule has 4 aromatic rings. The summed E-state index contributed by atoms with van der Waals surface area (Å²) in [6, 6.07) is 10.8. The van der Waals surface area contributed by atoms with E-state index >= 15 is 0 Å². The first-order valence-corrected chi connectivity index (χ1v) is 10.5. The number of anilines is 1. The smallest absolute Gasteiger partial charge is 0.263 e. The van der Waals surface area contributed by atoms with E-state index in [1.165, 1.54) is 12.5 Å². The molecule has 0 bridgehead atoms. The Morgan fingerprint density at radius 2 is 1.81 bits per heavy atom. The molecule has 5 rings (SSSR count). The molecule has 3 heterocycles. The molecule has 7 heteroatoms. The van der Waals surface area contributed by atoms with Crippen molar-refractivity contribution in [2.24, 2.45) is 7.05 Å². The van der Waals surface area contributed by atoms with Gasteiger partial charge in [0.1, 0.15) is 11.4 Å². The van der Waals surface area contributed by atoms with Gasteiger partial charge in [0.2, 0.25) is 11.3 Å². The second-order valence-corrected chi connectivity index (χ2v) is 8.14. The van der Waals surface area contributed by atoms with E-state index in [0.29, 0.717) is 22.4 Å². The number of benzene rings is 2. The molecule has 0 unspecified atom stereocenters. The van der Waals surface area contributed by atoms with E-state index < -0.39 is 0 Å². The van der Waals surface area contributed by atoms with Gasteiger partial charge in [0.25, 0.3) is 5.89 Å². The van der Waals surface area contributed by atoms with E-state index in [1.807, 2.05) is 42.8 Å². The van der Waals surface area contributed by atoms with Gasteiger partial charge in [0, 0.05) is 37.3 Å². The highest BCUT2D eigenvalue weighted by Crippen LogP contribution is 2.29. The molecule has 0 radical (unpaired) electrons. The van der Waals surface area contributed by atoms with Gasteiger partial charge in [-0.2, -0.15) is 4.98 Å². The number of halogens is 1. The third-order valence-electron chi connectivity index (χ3n) is 5.92. The van der Waals surface area contributed by atoms with Gasteiger partial charge in [0.05, 0.1) is 11.2 Å². The van der Waals surface area contributed by atoms with Crippen LogP contribution in [0.25, 0.3) is 33.7 Å². The Bertz CT molecular complexity index is 1320. The van der Waals surface area contributed by atoms with Crippen LogP contribution in [0.5, 0.6) is 0 Å². The standard InChI is InChI=1S/C24H23FN4O2/c1-15-6-8-16(9-7-15)23-26-24(31-27-23)18-14-28(2)20-13-21(29-10-4-3-5-11-29)19(25)12-17(20)22(18)30/h6-9,12-14H,3-5,10-11H2,1-2H3. The normalized spacial score (nSPS) is 14.4. The zero-order valence-corrected chi connectivity index (χ0v) is 17.6. The Morgan fingerprint density at radius 1 is 1.06 bits per heavy atom. The molecular weight excluding hydrogens is 395 g/mol. The van der Waals surface area contributed by atoms with Crippen molar-refractivity contribution in [3.05, 3.63) is 64.2 Å². The van der Waals surface area contributed by atoms with Crippen LogP contribution in [0.3, 0.4) is 0 Å². The topological polar surface area (TPSA) is 64.2 Å². The molecule has 1 saturated heterocycles. The molecule has 31 heavy (non-hydrogen) atoms. The Labute approximate surface area is 178 Å². The van der Waals surface area contributed by atoms with Crippen LogP contribution in [0.15, 0.2) is 51.9 Å². The molecule has 1 aliphatic heterocycles. The summed E-state index contributed by atoms with van der Waals surface area (Å²) in [5.74, 6) is 0.150. The fourth-order valence-electron chi connectivity index (χ4n) is 4.17. The Balaban J connectivity index is 1.58. The number of hydrogen-bond acceptors (Lipinski definition) is 5. The molecular formula is C24H23FN4O2. The summed E-state index contributed by atoms with van der Waals surface area (Å²) in [4.78, 5) is 19.7. The minimum Gasteiger partial charge on any atom is -0.369 e. The molecule has 2 aromatic heterocycles. The second-order valence-electron chi connectivity index (χ2n) is 8.14. The van der Waals surface area contributed by atoms with Crippen molar-refractivity contribution in [2.45, 2.75) is 26.2 Å². The average Bonchev–Trinajstić information content (AvgIpc) is 3.27. The predicted octanol–water partition coefficient (Wildman–Crippen LogP) is 4.69. The average molecular weight is 418 g/mol. The van der Waals surface area contributed by atoms with Crippen molar-refractivity contribution in [1.29, 1.82) is 0 Å².